The number of nitrogens with zero attached hydrogens (tertiary/aromatic N) is 1. The molecule has 122 valence electrons. The van der Waals surface area contributed by atoms with Gasteiger partial charge in [0, 0.05) is 0 Å². The Morgan fingerprint density at radius 2 is 2.00 bits per heavy atom. The van der Waals surface area contributed by atoms with Crippen LogP contribution >= 0.6 is 0 Å². The van der Waals surface area contributed by atoms with Crippen molar-refractivity contribution in [3.8, 4) is 0 Å². The molecule has 0 radical (unpaired) electrons. The number of hydrogen-bond donors (Lipinski definition) is 2. The van der Waals surface area contributed by atoms with Crippen LogP contribution in [0.2, 0.25) is 0 Å². The van der Waals surface area contributed by atoms with E-state index in [0.29, 0.717) is 24.2 Å². The summed E-state index contributed by atoms with van der Waals surface area (Å²) in [5.74, 6) is 0.0462. The minimum absolute atomic E-state index is 0.117. The first-order valence-electron chi connectivity index (χ1n) is 7.48. The van der Waals surface area contributed by atoms with Crippen LogP contribution < -0.4 is 16.6 Å². The van der Waals surface area contributed by atoms with E-state index >= 15 is 0 Å². The Morgan fingerprint density at radius 3 is 2.65 bits per heavy atom. The molecule has 5 nitrogen and oxygen atoms in total. The van der Waals surface area contributed by atoms with Crippen molar-refractivity contribution in [3.05, 3.63) is 62.0 Å². The van der Waals surface area contributed by atoms with Crippen LogP contribution in [0.3, 0.4) is 0 Å². The molecule has 23 heavy (non-hydrogen) atoms. The normalized spacial score (nSPS) is 18.1. The lowest BCUT2D eigenvalue weighted by molar-refractivity contribution is 0.312. The van der Waals surface area contributed by atoms with Gasteiger partial charge < -0.3 is 5.32 Å². The van der Waals surface area contributed by atoms with Crippen molar-refractivity contribution >= 4 is 5.82 Å². The molecule has 0 bridgehead atoms. The van der Waals surface area contributed by atoms with Gasteiger partial charge in [-0.1, -0.05) is 12.1 Å². The molecule has 0 aliphatic carbocycles. The summed E-state index contributed by atoms with van der Waals surface area (Å²) in [6.07, 6.45) is -0.193. The van der Waals surface area contributed by atoms with E-state index in [9.17, 15) is 18.4 Å². The van der Waals surface area contributed by atoms with E-state index in [-0.39, 0.29) is 18.4 Å². The number of aromatic nitrogens is 2. The van der Waals surface area contributed by atoms with Crippen LogP contribution in [0.4, 0.5) is 14.6 Å². The minimum atomic E-state index is -1.28. The first-order chi connectivity index (χ1) is 11.0. The summed E-state index contributed by atoms with van der Waals surface area (Å²) in [5, 5.41) is 3.11. The fourth-order valence-corrected chi connectivity index (χ4v) is 2.86. The van der Waals surface area contributed by atoms with Gasteiger partial charge in [0.2, 0.25) is 0 Å². The zero-order valence-corrected chi connectivity index (χ0v) is 12.6. The van der Waals surface area contributed by atoms with Gasteiger partial charge in [-0.2, -0.15) is 0 Å². The van der Waals surface area contributed by atoms with Crippen LogP contribution in [0, 0.1) is 5.82 Å². The standard InChI is InChI=1S/C16H17F2N3O2/c1-9(17)8-21-15(22)12-6-7-13(19-14(12)20-16(21)23)10-2-4-11(18)5-3-10/h2-5,9,13,19H,6-8H2,1H3,(H,20,23)/t9?,13-/m1/s1. The Balaban J connectivity index is 1.94. The van der Waals surface area contributed by atoms with Crippen molar-refractivity contribution in [1.82, 2.24) is 9.55 Å². The molecule has 0 fully saturated rings. The largest absolute Gasteiger partial charge is 0.364 e. The number of H-pyrrole nitrogens is 1. The van der Waals surface area contributed by atoms with E-state index in [0.717, 1.165) is 10.1 Å². The molecule has 1 aliphatic rings. The highest BCUT2D eigenvalue weighted by Crippen LogP contribution is 2.29. The summed E-state index contributed by atoms with van der Waals surface area (Å²) < 4.78 is 27.0. The number of fused-ring (bicyclic) bond motifs is 1. The van der Waals surface area contributed by atoms with Crippen molar-refractivity contribution in [3.63, 3.8) is 0 Å². The van der Waals surface area contributed by atoms with Gasteiger partial charge in [0.15, 0.2) is 0 Å². The SMILES string of the molecule is CC(F)Cn1c(=O)[nH]c2c(c1=O)CC[C@H](c1ccc(F)cc1)N2. The van der Waals surface area contributed by atoms with Crippen LogP contribution in [0.5, 0.6) is 0 Å². The molecule has 2 atom stereocenters. The van der Waals surface area contributed by atoms with Crippen molar-refractivity contribution in [1.29, 1.82) is 0 Å². The molecule has 2 heterocycles. The highest BCUT2D eigenvalue weighted by molar-refractivity contribution is 5.47. The van der Waals surface area contributed by atoms with E-state index in [1.807, 2.05) is 0 Å². The van der Waals surface area contributed by atoms with Gasteiger partial charge in [0.05, 0.1) is 18.2 Å². The predicted octanol–water partition coefficient (Wildman–Crippen LogP) is 2.13. The third-order valence-corrected chi connectivity index (χ3v) is 3.99. The molecule has 2 N–H and O–H groups in total. The van der Waals surface area contributed by atoms with Crippen molar-refractivity contribution in [2.24, 2.45) is 0 Å². The number of hydrogen-bond acceptors (Lipinski definition) is 3. The second-order valence-electron chi connectivity index (χ2n) is 5.77. The first kappa shape index (κ1) is 15.5. The Hall–Kier alpha value is -2.44. The third-order valence-electron chi connectivity index (χ3n) is 3.99. The molecule has 0 spiro atoms. The van der Waals surface area contributed by atoms with Crippen molar-refractivity contribution in [2.45, 2.75) is 38.5 Å². The van der Waals surface area contributed by atoms with Crippen molar-refractivity contribution in [2.75, 3.05) is 5.32 Å². The smallest absolute Gasteiger partial charge is 0.330 e. The van der Waals surface area contributed by atoms with Crippen LogP contribution in [0.15, 0.2) is 33.9 Å². The van der Waals surface area contributed by atoms with Crippen LogP contribution in [-0.2, 0) is 13.0 Å². The molecular formula is C16H17F2N3O2. The zero-order chi connectivity index (χ0) is 16.6. The fourth-order valence-electron chi connectivity index (χ4n) is 2.86. The lowest BCUT2D eigenvalue weighted by Gasteiger charge is -2.27. The summed E-state index contributed by atoms with van der Waals surface area (Å²) in [6.45, 7) is 1.04. The second kappa shape index (κ2) is 5.98. The number of halogens is 2. The Bertz CT molecular complexity index is 825. The number of alkyl halides is 1. The molecule has 1 aromatic carbocycles. The van der Waals surface area contributed by atoms with E-state index in [1.54, 1.807) is 12.1 Å². The highest BCUT2D eigenvalue weighted by atomic mass is 19.1. The summed E-state index contributed by atoms with van der Waals surface area (Å²) in [6, 6.07) is 5.96. The molecule has 3 rings (SSSR count). The Labute approximate surface area is 131 Å². The molecule has 2 aromatic rings. The Kier molecular flexibility index (Phi) is 4.02. The maximum Gasteiger partial charge on any atom is 0.330 e. The lowest BCUT2D eigenvalue weighted by atomic mass is 9.96. The van der Waals surface area contributed by atoms with Gasteiger partial charge >= 0.3 is 5.69 Å². The van der Waals surface area contributed by atoms with Crippen molar-refractivity contribution < 1.29 is 8.78 Å². The summed E-state index contributed by atoms with van der Waals surface area (Å²) in [5.41, 5.74) is 0.229. The highest BCUT2D eigenvalue weighted by Gasteiger charge is 2.24. The van der Waals surface area contributed by atoms with Gasteiger partial charge in [-0.25, -0.2) is 13.6 Å². The van der Waals surface area contributed by atoms with Gasteiger partial charge in [0.1, 0.15) is 17.8 Å². The fraction of sp³-hybridized carbons (Fsp3) is 0.375. The molecular weight excluding hydrogens is 304 g/mol. The molecule has 0 saturated heterocycles. The van der Waals surface area contributed by atoms with E-state index in [4.69, 9.17) is 0 Å². The maximum absolute atomic E-state index is 13.1. The van der Waals surface area contributed by atoms with Crippen LogP contribution in [0.1, 0.15) is 30.5 Å². The monoisotopic (exact) mass is 321 g/mol. The molecule has 1 aromatic heterocycles. The molecule has 7 heteroatoms. The van der Waals surface area contributed by atoms with Crippen LogP contribution in [-0.4, -0.2) is 15.7 Å². The Morgan fingerprint density at radius 1 is 1.30 bits per heavy atom. The molecule has 1 aliphatic heterocycles. The third kappa shape index (κ3) is 3.04. The maximum atomic E-state index is 13.1. The average Bonchev–Trinajstić information content (AvgIpc) is 2.51. The number of benzene rings is 1. The summed E-state index contributed by atoms with van der Waals surface area (Å²) >= 11 is 0. The van der Waals surface area contributed by atoms with Gasteiger partial charge in [0.25, 0.3) is 5.56 Å². The quantitative estimate of drug-likeness (QED) is 0.910. The van der Waals surface area contributed by atoms with E-state index in [1.165, 1.54) is 19.1 Å². The topological polar surface area (TPSA) is 66.9 Å². The van der Waals surface area contributed by atoms with Crippen LogP contribution in [0.25, 0.3) is 0 Å². The number of rotatable bonds is 3. The van der Waals surface area contributed by atoms with Gasteiger partial charge in [-0.3, -0.25) is 14.3 Å². The number of anilines is 1. The summed E-state index contributed by atoms with van der Waals surface area (Å²) in [7, 11) is 0. The zero-order valence-electron chi connectivity index (χ0n) is 12.6. The average molecular weight is 321 g/mol. The minimum Gasteiger partial charge on any atom is -0.364 e. The number of nitrogens with one attached hydrogen (secondary N) is 2. The predicted molar refractivity (Wildman–Crippen MR) is 83.0 cm³/mol. The second-order valence-corrected chi connectivity index (χ2v) is 5.77. The summed E-state index contributed by atoms with van der Waals surface area (Å²) in [4.78, 5) is 26.9. The van der Waals surface area contributed by atoms with Gasteiger partial charge in [-0.05, 0) is 37.5 Å². The lowest BCUT2D eigenvalue weighted by Crippen LogP contribution is -2.41. The first-order valence-corrected chi connectivity index (χ1v) is 7.48. The van der Waals surface area contributed by atoms with E-state index in [2.05, 4.69) is 10.3 Å². The molecule has 0 saturated carbocycles. The molecule has 1 unspecified atom stereocenters. The molecule has 0 amide bonds. The number of aromatic amines is 1. The van der Waals surface area contributed by atoms with Gasteiger partial charge in [-0.15, -0.1) is 0 Å². The van der Waals surface area contributed by atoms with E-state index < -0.39 is 17.4 Å².